The molecule has 0 aromatic carbocycles. The molecule has 3 unspecified atom stereocenters. The minimum atomic E-state index is -0.711. The number of rotatable bonds is 14. The van der Waals surface area contributed by atoms with Crippen LogP contribution < -0.4 is 0 Å². The zero-order chi connectivity index (χ0) is 18.5. The molecule has 0 heterocycles. The fourth-order valence-corrected chi connectivity index (χ4v) is 3.83. The SMILES string of the molecule is CCCCCC1C=CC(CCCCCCCCC(=O)O)C(C(=O)O)C1. The molecule has 1 aliphatic rings. The molecule has 0 aromatic heterocycles. The van der Waals surface area contributed by atoms with E-state index in [9.17, 15) is 14.7 Å². The first-order valence-electron chi connectivity index (χ1n) is 10.2. The molecule has 0 saturated carbocycles. The van der Waals surface area contributed by atoms with E-state index in [1.54, 1.807) is 0 Å². The van der Waals surface area contributed by atoms with Gasteiger partial charge >= 0.3 is 11.9 Å². The zero-order valence-corrected chi connectivity index (χ0v) is 15.8. The molecular weight excluding hydrogens is 316 g/mol. The lowest BCUT2D eigenvalue weighted by atomic mass is 9.75. The second-order valence-corrected chi connectivity index (χ2v) is 7.54. The molecule has 4 heteroatoms. The number of hydrogen-bond donors (Lipinski definition) is 2. The molecule has 0 spiro atoms. The van der Waals surface area contributed by atoms with Gasteiger partial charge in [0.1, 0.15) is 0 Å². The molecule has 0 bridgehead atoms. The minimum Gasteiger partial charge on any atom is -0.481 e. The normalized spacial score (nSPS) is 22.8. The largest absolute Gasteiger partial charge is 0.481 e. The summed E-state index contributed by atoms with van der Waals surface area (Å²) in [4.78, 5) is 22.1. The van der Waals surface area contributed by atoms with E-state index in [0.29, 0.717) is 5.92 Å². The highest BCUT2D eigenvalue weighted by Crippen LogP contribution is 2.34. The van der Waals surface area contributed by atoms with E-state index < -0.39 is 11.9 Å². The maximum Gasteiger partial charge on any atom is 0.307 e. The number of unbranched alkanes of at least 4 members (excludes halogenated alkanes) is 7. The summed E-state index contributed by atoms with van der Waals surface area (Å²) >= 11 is 0. The Bertz CT molecular complexity index is 416. The van der Waals surface area contributed by atoms with E-state index in [1.165, 1.54) is 19.3 Å². The Morgan fingerprint density at radius 1 is 0.880 bits per heavy atom. The average molecular weight is 353 g/mol. The second-order valence-electron chi connectivity index (χ2n) is 7.54. The van der Waals surface area contributed by atoms with Gasteiger partial charge in [0.05, 0.1) is 5.92 Å². The van der Waals surface area contributed by atoms with Crippen molar-refractivity contribution in [3.63, 3.8) is 0 Å². The first-order valence-corrected chi connectivity index (χ1v) is 10.2. The molecule has 0 aliphatic heterocycles. The third-order valence-corrected chi connectivity index (χ3v) is 5.38. The standard InChI is InChI=1S/C21H36O4/c1-2-3-8-11-17-14-15-18(19(16-17)21(24)25)12-9-6-4-5-7-10-13-20(22)23/h14-15,17-19H,2-13,16H2,1H3,(H,22,23)(H,24,25). The molecule has 3 atom stereocenters. The van der Waals surface area contributed by atoms with Crippen molar-refractivity contribution < 1.29 is 19.8 Å². The quantitative estimate of drug-likeness (QED) is 0.312. The lowest BCUT2D eigenvalue weighted by Gasteiger charge is -2.29. The number of hydrogen-bond acceptors (Lipinski definition) is 2. The summed E-state index contributed by atoms with van der Waals surface area (Å²) in [6, 6.07) is 0. The van der Waals surface area contributed by atoms with Crippen molar-refractivity contribution >= 4 is 11.9 Å². The van der Waals surface area contributed by atoms with E-state index in [0.717, 1.165) is 57.8 Å². The van der Waals surface area contributed by atoms with Crippen molar-refractivity contribution in [2.45, 2.75) is 90.4 Å². The molecule has 2 N–H and O–H groups in total. The summed E-state index contributed by atoms with van der Waals surface area (Å²) in [5.74, 6) is -0.933. The fraction of sp³-hybridized carbons (Fsp3) is 0.810. The molecule has 1 rings (SSSR count). The first-order chi connectivity index (χ1) is 12.0. The van der Waals surface area contributed by atoms with Crippen LogP contribution >= 0.6 is 0 Å². The van der Waals surface area contributed by atoms with Crippen LogP contribution in [-0.2, 0) is 9.59 Å². The Hall–Kier alpha value is -1.32. The highest BCUT2D eigenvalue weighted by Gasteiger charge is 2.31. The summed E-state index contributed by atoms with van der Waals surface area (Å²) in [7, 11) is 0. The van der Waals surface area contributed by atoms with Crippen LogP contribution in [0.3, 0.4) is 0 Å². The van der Waals surface area contributed by atoms with Crippen molar-refractivity contribution in [3.8, 4) is 0 Å². The van der Waals surface area contributed by atoms with Crippen molar-refractivity contribution in [1.82, 2.24) is 0 Å². The molecule has 144 valence electrons. The van der Waals surface area contributed by atoms with Crippen LogP contribution in [0.25, 0.3) is 0 Å². The Morgan fingerprint density at radius 2 is 1.52 bits per heavy atom. The minimum absolute atomic E-state index is 0.187. The van der Waals surface area contributed by atoms with Crippen LogP contribution in [0.15, 0.2) is 12.2 Å². The number of carboxylic acids is 2. The smallest absolute Gasteiger partial charge is 0.307 e. The zero-order valence-electron chi connectivity index (χ0n) is 15.8. The van der Waals surface area contributed by atoms with Gasteiger partial charge in [0.25, 0.3) is 0 Å². The molecular formula is C21H36O4. The highest BCUT2D eigenvalue weighted by molar-refractivity contribution is 5.71. The average Bonchev–Trinajstić information content (AvgIpc) is 2.57. The van der Waals surface area contributed by atoms with Crippen molar-refractivity contribution in [2.24, 2.45) is 17.8 Å². The van der Waals surface area contributed by atoms with Crippen LogP contribution in [-0.4, -0.2) is 22.2 Å². The summed E-state index contributed by atoms with van der Waals surface area (Å²) in [6.45, 7) is 2.19. The van der Waals surface area contributed by atoms with Crippen molar-refractivity contribution in [1.29, 1.82) is 0 Å². The lowest BCUT2D eigenvalue weighted by Crippen LogP contribution is -2.28. The number of allylic oxidation sites excluding steroid dienone is 2. The van der Waals surface area contributed by atoms with Gasteiger partial charge in [-0.25, -0.2) is 0 Å². The van der Waals surface area contributed by atoms with Gasteiger partial charge in [-0.15, -0.1) is 0 Å². The molecule has 0 fully saturated rings. The molecule has 4 nitrogen and oxygen atoms in total. The Labute approximate surface area is 152 Å². The predicted molar refractivity (Wildman–Crippen MR) is 101 cm³/mol. The topological polar surface area (TPSA) is 74.6 Å². The second kappa shape index (κ2) is 13.0. The van der Waals surface area contributed by atoms with E-state index in [-0.39, 0.29) is 18.3 Å². The van der Waals surface area contributed by atoms with Gasteiger partial charge in [-0.05, 0) is 37.5 Å². The van der Waals surface area contributed by atoms with Gasteiger partial charge < -0.3 is 10.2 Å². The van der Waals surface area contributed by atoms with Gasteiger partial charge in [0, 0.05) is 6.42 Å². The fourth-order valence-electron chi connectivity index (χ4n) is 3.83. The van der Waals surface area contributed by atoms with Gasteiger partial charge in [-0.1, -0.05) is 70.4 Å². The van der Waals surface area contributed by atoms with Crippen molar-refractivity contribution in [3.05, 3.63) is 12.2 Å². The Kier molecular flexibility index (Phi) is 11.3. The lowest BCUT2D eigenvalue weighted by molar-refractivity contribution is -0.144. The molecule has 1 aliphatic carbocycles. The molecule has 0 aromatic rings. The predicted octanol–water partition coefficient (Wildman–Crippen LogP) is 5.67. The highest BCUT2D eigenvalue weighted by atomic mass is 16.4. The maximum atomic E-state index is 11.6. The monoisotopic (exact) mass is 352 g/mol. The Balaban J connectivity index is 2.23. The maximum absolute atomic E-state index is 11.6. The van der Waals surface area contributed by atoms with Crippen LogP contribution in [0.2, 0.25) is 0 Å². The van der Waals surface area contributed by atoms with E-state index >= 15 is 0 Å². The summed E-state index contributed by atoms with van der Waals surface area (Å²) in [5, 5.41) is 18.2. The van der Waals surface area contributed by atoms with Gasteiger partial charge in [0.2, 0.25) is 0 Å². The van der Waals surface area contributed by atoms with Crippen molar-refractivity contribution in [2.75, 3.05) is 0 Å². The van der Waals surface area contributed by atoms with Gasteiger partial charge in [-0.3, -0.25) is 9.59 Å². The number of aliphatic carboxylic acids is 2. The number of carboxylic acid groups (broad SMARTS) is 2. The van der Waals surface area contributed by atoms with Crippen LogP contribution in [0, 0.1) is 17.8 Å². The van der Waals surface area contributed by atoms with Crippen LogP contribution in [0.5, 0.6) is 0 Å². The third-order valence-electron chi connectivity index (χ3n) is 5.38. The number of carbonyl (C=O) groups is 2. The summed E-state index contributed by atoms with van der Waals surface area (Å²) in [5.41, 5.74) is 0. The van der Waals surface area contributed by atoms with Gasteiger partial charge in [-0.2, -0.15) is 0 Å². The van der Waals surface area contributed by atoms with Crippen LogP contribution in [0.1, 0.15) is 90.4 Å². The molecule has 0 radical (unpaired) electrons. The van der Waals surface area contributed by atoms with E-state index in [2.05, 4.69) is 19.1 Å². The Morgan fingerprint density at radius 3 is 2.16 bits per heavy atom. The summed E-state index contributed by atoms with van der Waals surface area (Å²) in [6.07, 6.45) is 17.4. The van der Waals surface area contributed by atoms with E-state index in [1.807, 2.05) is 0 Å². The molecule has 25 heavy (non-hydrogen) atoms. The first kappa shape index (κ1) is 21.7. The third kappa shape index (κ3) is 9.66. The van der Waals surface area contributed by atoms with E-state index in [4.69, 9.17) is 5.11 Å². The summed E-state index contributed by atoms with van der Waals surface area (Å²) < 4.78 is 0. The van der Waals surface area contributed by atoms with Crippen LogP contribution in [0.4, 0.5) is 0 Å². The molecule has 0 amide bonds. The molecule has 0 saturated heterocycles. The van der Waals surface area contributed by atoms with Gasteiger partial charge in [0.15, 0.2) is 0 Å².